The lowest BCUT2D eigenvalue weighted by molar-refractivity contribution is -0.00539. The zero-order valence-corrected chi connectivity index (χ0v) is 53.1. The highest BCUT2D eigenvalue weighted by Crippen LogP contribution is 2.50. The third-order valence-corrected chi connectivity index (χ3v) is 17.7. The van der Waals surface area contributed by atoms with Gasteiger partial charge in [0.05, 0.1) is 57.2 Å². The number of carbonyl (C=O) groups excluding carboxylic acids is 2. The van der Waals surface area contributed by atoms with E-state index in [1.807, 2.05) is 48.6 Å². The topological polar surface area (TPSA) is 138 Å². The van der Waals surface area contributed by atoms with Crippen LogP contribution in [0, 0.1) is 10.8 Å². The number of rotatable bonds is 12. The van der Waals surface area contributed by atoms with Crippen molar-refractivity contribution in [2.75, 3.05) is 67.6 Å². The van der Waals surface area contributed by atoms with Gasteiger partial charge in [-0.1, -0.05) is 47.3 Å². The van der Waals surface area contributed by atoms with Gasteiger partial charge < -0.3 is 38.1 Å². The molecule has 3 saturated heterocycles. The molecule has 0 aromatic carbocycles. The van der Waals surface area contributed by atoms with Crippen molar-refractivity contribution in [3.05, 3.63) is 50.4 Å². The first-order chi connectivity index (χ1) is 36.1. The van der Waals surface area contributed by atoms with E-state index in [0.717, 1.165) is 127 Å². The summed E-state index contributed by atoms with van der Waals surface area (Å²) in [5.41, 5.74) is 8.36. The third-order valence-electron chi connectivity index (χ3n) is 16.8. The van der Waals surface area contributed by atoms with E-state index in [9.17, 15) is 9.59 Å². The summed E-state index contributed by atoms with van der Waals surface area (Å²) in [6, 6.07) is 0. The number of hydrogen-bond acceptors (Lipinski definition) is 12. The molecule has 2 aliphatic carbocycles. The second-order valence-electron chi connectivity index (χ2n) is 28.5. The van der Waals surface area contributed by atoms with E-state index < -0.39 is 11.2 Å². The summed E-state index contributed by atoms with van der Waals surface area (Å²) in [5.74, 6) is 0. The van der Waals surface area contributed by atoms with Crippen LogP contribution in [-0.2, 0) is 67.3 Å². The van der Waals surface area contributed by atoms with Crippen LogP contribution in [0.1, 0.15) is 197 Å². The number of aromatic nitrogens is 4. The number of nitrogens with zero attached hydrogens (tertiary/aromatic N) is 8. The van der Waals surface area contributed by atoms with Crippen molar-refractivity contribution < 1.29 is 37.8 Å². The predicted octanol–water partition coefficient (Wildman–Crippen LogP) is 12.3. The van der Waals surface area contributed by atoms with Crippen LogP contribution in [-0.4, -0.2) is 160 Å². The average Bonchev–Trinajstić information content (AvgIpc) is 4.20. The summed E-state index contributed by atoms with van der Waals surface area (Å²) in [6.45, 7) is 37.1. The summed E-state index contributed by atoms with van der Waals surface area (Å²) in [7, 11) is 7.54. The molecule has 2 aromatic heterocycles. The molecule has 446 valence electrons. The summed E-state index contributed by atoms with van der Waals surface area (Å²) in [5, 5.41) is 9.69. The number of allylic oxidation sites excluding steroid dienone is 2. The van der Waals surface area contributed by atoms with Crippen molar-refractivity contribution in [2.24, 2.45) is 10.8 Å². The Balaban J connectivity index is 0.000000198. The molecule has 0 saturated carbocycles. The van der Waals surface area contributed by atoms with Crippen LogP contribution in [0.2, 0.25) is 0 Å². The standard InChI is InChI=1S/C27H44N4O3.C17H29BO3.C16H27BrN4O2.CH4/c1-25(2,3)34-24(32)30(7)16-15-29(6)17-21-23(22-9-8-14-31(22)28-21)20-10-12-27(13-11-20)18-26(4,5)19-33-27;1-14(2)11-17(19-12-14)9-7-13(8-10-17)18-20-15(3,4)16(5,6)21-18;1-16(2,3)23-15(22)20(5)10-9-19(4)11-12-14(17)13-7-6-8-21(13)18-12;/h10H,8-9,11-19H2,1-7H3;7H,8-12H2,1-6H3;6-11H2,1-5H3;1H4. The predicted molar refractivity (Wildman–Crippen MR) is 320 cm³/mol. The van der Waals surface area contributed by atoms with Gasteiger partial charge in [0.2, 0.25) is 0 Å². The van der Waals surface area contributed by atoms with Crippen molar-refractivity contribution in [3.8, 4) is 0 Å². The number of halogens is 1. The Kier molecular flexibility index (Phi) is 20.5. The molecule has 5 aliphatic heterocycles. The molecule has 7 heterocycles. The first kappa shape index (κ1) is 64.9. The summed E-state index contributed by atoms with van der Waals surface area (Å²) in [4.78, 5) is 31.9. The number of carbonyl (C=O) groups is 2. The fourth-order valence-electron chi connectivity index (χ4n) is 11.9. The fraction of sp³-hybridized carbons (Fsp3) is 0.803. The smallest absolute Gasteiger partial charge is 0.444 e. The van der Waals surface area contributed by atoms with E-state index in [-0.39, 0.29) is 54.6 Å². The van der Waals surface area contributed by atoms with Gasteiger partial charge in [0, 0.05) is 77.7 Å². The molecule has 0 bridgehead atoms. The highest BCUT2D eigenvalue weighted by Gasteiger charge is 2.54. The van der Waals surface area contributed by atoms with Gasteiger partial charge in [-0.05, 0) is 198 Å². The molecule has 2 atom stereocenters. The van der Waals surface area contributed by atoms with Gasteiger partial charge >= 0.3 is 19.3 Å². The zero-order valence-electron chi connectivity index (χ0n) is 51.5. The SMILES string of the molecule is C.CC1(C)COC2(CC=C(B3OC(C)(C)C(C)(C)O3)CC2)C1.CN(CCN(C)C(=O)OC(C)(C)C)Cc1nn2c(c1Br)CCC2.CN(CCN(C)C(=O)OC(C)(C)C)Cc1nn2c(c1C1=CCC3(CC1)CC(C)(C)CO3)CCC2. The number of aryl methyl sites for hydroxylation is 2. The van der Waals surface area contributed by atoms with Crippen molar-refractivity contribution in [1.29, 1.82) is 0 Å². The van der Waals surface area contributed by atoms with Gasteiger partial charge in [0.15, 0.2) is 0 Å². The van der Waals surface area contributed by atoms with Crippen molar-refractivity contribution in [3.63, 3.8) is 0 Å². The van der Waals surface area contributed by atoms with Crippen LogP contribution in [0.5, 0.6) is 0 Å². The van der Waals surface area contributed by atoms with E-state index in [1.165, 1.54) is 46.5 Å². The van der Waals surface area contributed by atoms with Crippen LogP contribution >= 0.6 is 15.9 Å². The lowest BCUT2D eigenvalue weighted by Crippen LogP contribution is -2.41. The Morgan fingerprint density at radius 1 is 0.646 bits per heavy atom. The Labute approximate surface area is 485 Å². The highest BCUT2D eigenvalue weighted by atomic mass is 79.9. The maximum Gasteiger partial charge on any atom is 0.490 e. The maximum atomic E-state index is 12.3. The average molecular weight is 1170 g/mol. The van der Waals surface area contributed by atoms with E-state index in [1.54, 1.807) is 23.9 Å². The van der Waals surface area contributed by atoms with Crippen molar-refractivity contribution >= 4 is 40.8 Å². The minimum absolute atomic E-state index is 0. The molecule has 0 N–H and O–H groups in total. The van der Waals surface area contributed by atoms with Crippen LogP contribution in [0.25, 0.3) is 5.57 Å². The molecular weight excluding hydrogens is 1060 g/mol. The third kappa shape index (κ3) is 16.7. The number of hydrogen-bond donors (Lipinski definition) is 0. The Morgan fingerprint density at radius 3 is 1.51 bits per heavy atom. The highest BCUT2D eigenvalue weighted by molar-refractivity contribution is 9.10. The summed E-state index contributed by atoms with van der Waals surface area (Å²) in [6.07, 6.45) is 17.3. The molecule has 3 fully saturated rings. The van der Waals surface area contributed by atoms with E-state index in [0.29, 0.717) is 18.5 Å². The summed E-state index contributed by atoms with van der Waals surface area (Å²) >= 11 is 3.67. The van der Waals surface area contributed by atoms with Crippen LogP contribution in [0.4, 0.5) is 9.59 Å². The molecule has 18 heteroatoms. The van der Waals surface area contributed by atoms with E-state index >= 15 is 0 Å². The lowest BCUT2D eigenvalue weighted by atomic mass is 9.67. The Hall–Kier alpha value is -3.26. The van der Waals surface area contributed by atoms with Gasteiger partial charge in [-0.25, -0.2) is 9.59 Å². The number of amides is 2. The minimum atomic E-state index is -0.477. The number of ether oxygens (including phenoxy) is 4. The first-order valence-corrected chi connectivity index (χ1v) is 30.0. The quantitative estimate of drug-likeness (QED) is 0.187. The molecular formula is C61H104BBrN8O8. The molecule has 9 rings (SSSR count). The minimum Gasteiger partial charge on any atom is -0.444 e. The number of fused-ring (bicyclic) bond motifs is 2. The lowest BCUT2D eigenvalue weighted by Gasteiger charge is -2.33. The van der Waals surface area contributed by atoms with Crippen LogP contribution < -0.4 is 0 Å². The van der Waals surface area contributed by atoms with E-state index in [4.69, 9.17) is 33.4 Å². The normalized spacial score (nSPS) is 24.3. The maximum absolute atomic E-state index is 12.3. The first-order valence-electron chi connectivity index (χ1n) is 29.2. The fourth-order valence-corrected chi connectivity index (χ4v) is 12.5. The van der Waals surface area contributed by atoms with Gasteiger partial charge in [-0.2, -0.15) is 10.2 Å². The molecule has 79 heavy (non-hydrogen) atoms. The van der Waals surface area contributed by atoms with Gasteiger partial charge in [0.25, 0.3) is 0 Å². The van der Waals surface area contributed by atoms with Gasteiger partial charge in [-0.15, -0.1) is 0 Å². The van der Waals surface area contributed by atoms with Crippen molar-refractivity contribution in [2.45, 2.75) is 241 Å². The van der Waals surface area contributed by atoms with Crippen LogP contribution in [0.15, 0.2) is 22.1 Å². The van der Waals surface area contributed by atoms with Gasteiger partial charge in [-0.3, -0.25) is 19.2 Å². The summed E-state index contributed by atoms with van der Waals surface area (Å²) < 4.78 is 41.1. The molecule has 2 spiro atoms. The van der Waals surface area contributed by atoms with E-state index in [2.05, 4.69) is 115 Å². The number of likely N-dealkylation sites (N-methyl/N-ethyl adjacent to an activating group) is 4. The largest absolute Gasteiger partial charge is 0.490 e. The zero-order chi connectivity index (χ0) is 57.4. The molecule has 2 aromatic rings. The Bertz CT molecular complexity index is 2490. The molecule has 2 amide bonds. The Morgan fingerprint density at radius 2 is 1.09 bits per heavy atom. The second-order valence-corrected chi connectivity index (χ2v) is 29.3. The second kappa shape index (κ2) is 24.9. The molecule has 7 aliphatic rings. The van der Waals surface area contributed by atoms with Crippen LogP contribution in [0.3, 0.4) is 0 Å². The van der Waals surface area contributed by atoms with Gasteiger partial charge in [0.1, 0.15) is 11.2 Å². The van der Waals surface area contributed by atoms with Crippen molar-refractivity contribution in [1.82, 2.24) is 39.2 Å². The monoisotopic (exact) mass is 1170 g/mol. The molecule has 16 nitrogen and oxygen atoms in total. The molecule has 2 unspecified atom stereocenters. The molecule has 0 radical (unpaired) electrons.